The maximum Gasteiger partial charge on any atom is 0.124 e. The van der Waals surface area contributed by atoms with Gasteiger partial charge in [0.25, 0.3) is 0 Å². The van der Waals surface area contributed by atoms with E-state index in [1.807, 2.05) is 12.1 Å². The van der Waals surface area contributed by atoms with Gasteiger partial charge >= 0.3 is 0 Å². The van der Waals surface area contributed by atoms with Crippen LogP contribution in [0.1, 0.15) is 17.5 Å². The molecule has 1 atom stereocenters. The van der Waals surface area contributed by atoms with Crippen LogP contribution in [0.5, 0.6) is 11.5 Å². The minimum absolute atomic E-state index is 0. The van der Waals surface area contributed by atoms with Gasteiger partial charge in [-0.25, -0.2) is 0 Å². The zero-order valence-corrected chi connectivity index (χ0v) is 15.6. The monoisotopic (exact) mass is 409 g/mol. The van der Waals surface area contributed by atoms with Crippen LogP contribution in [0.15, 0.2) is 58.5 Å². The molecular weight excluding hydrogens is 389 g/mol. The average molecular weight is 409 g/mol. The van der Waals surface area contributed by atoms with E-state index >= 15 is 0 Å². The van der Waals surface area contributed by atoms with Crippen molar-refractivity contribution in [3.63, 3.8) is 0 Å². The number of para-hydroxylation sites is 2. The minimum atomic E-state index is -0.598. The molecule has 0 saturated heterocycles. The van der Waals surface area contributed by atoms with Crippen molar-refractivity contribution in [3.8, 4) is 11.5 Å². The van der Waals surface area contributed by atoms with Crippen molar-refractivity contribution in [2.75, 3.05) is 13.1 Å². The smallest absolute Gasteiger partial charge is 0.124 e. The van der Waals surface area contributed by atoms with Gasteiger partial charge in [0, 0.05) is 47.2 Å². The molecule has 1 radical (unpaired) electrons. The van der Waals surface area contributed by atoms with Crippen molar-refractivity contribution >= 4 is 12.4 Å². The van der Waals surface area contributed by atoms with Crippen molar-refractivity contribution in [3.05, 3.63) is 75.6 Å². The summed E-state index contributed by atoms with van der Waals surface area (Å²) < 4.78 is 0. The number of phenols is 2. The summed E-state index contributed by atoms with van der Waals surface area (Å²) in [6, 6.07) is 13.8. The Bertz CT molecular complexity index is 777. The van der Waals surface area contributed by atoms with E-state index in [1.54, 1.807) is 48.8 Å². The Morgan fingerprint density at radius 2 is 1.33 bits per heavy atom. The molecule has 0 fully saturated rings. The Morgan fingerprint density at radius 1 is 0.889 bits per heavy atom. The Morgan fingerprint density at radius 3 is 1.81 bits per heavy atom. The molecule has 143 valence electrons. The zero-order chi connectivity index (χ0) is 19.2. The summed E-state index contributed by atoms with van der Waals surface area (Å²) in [7, 11) is 0. The molecule has 0 saturated carbocycles. The molecule has 0 amide bonds. The van der Waals surface area contributed by atoms with Gasteiger partial charge in [0.05, 0.1) is 12.6 Å². The van der Waals surface area contributed by atoms with Crippen LogP contribution in [-0.2, 0) is 17.1 Å². The number of aliphatic imine (C=N–C) groups is 2. The largest absolute Gasteiger partial charge is 0.507 e. The first-order valence-electron chi connectivity index (χ1n) is 7.80. The van der Waals surface area contributed by atoms with Gasteiger partial charge in [0.15, 0.2) is 0 Å². The second kappa shape index (κ2) is 14.4. The number of nitrogens with zero attached hydrogens (tertiary/aromatic N) is 5. The maximum atomic E-state index is 9.85. The van der Waals surface area contributed by atoms with Gasteiger partial charge < -0.3 is 26.4 Å². The summed E-state index contributed by atoms with van der Waals surface area (Å²) in [5, 5.41) is 29.0. The molecule has 27 heavy (non-hydrogen) atoms. The number of benzene rings is 2. The molecule has 0 aliphatic heterocycles. The Hall–Kier alpha value is -2.83. The van der Waals surface area contributed by atoms with Gasteiger partial charge in [0.1, 0.15) is 11.5 Å². The summed E-state index contributed by atoms with van der Waals surface area (Å²) in [6.45, 7) is 0.696. The average Bonchev–Trinajstić information content (AvgIpc) is 2.62. The number of aliphatic hydroxyl groups excluding tert-OH is 1. The normalized spacial score (nSPS) is 11.3. The van der Waals surface area contributed by atoms with Crippen LogP contribution >= 0.6 is 0 Å². The number of aliphatic hydroxyl groups is 1. The fraction of sp³-hybridized carbons (Fsp3) is 0.222. The predicted octanol–water partition coefficient (Wildman–Crippen LogP) is 3.25. The number of hydrogen-bond donors (Lipinski definition) is 3. The van der Waals surface area contributed by atoms with Gasteiger partial charge in [-0.1, -0.05) is 24.3 Å². The molecule has 0 aromatic heterocycles. The molecular formula is C18H20MnN5O3-. The van der Waals surface area contributed by atoms with Gasteiger partial charge in [-0.3, -0.25) is 14.9 Å². The van der Waals surface area contributed by atoms with E-state index < -0.39 is 6.10 Å². The standard InChI is InChI=1S/C18H20N2O3.Mn.N3/c21-16(13-20-12-15-6-2-4-8-18(15)23)9-10-19-11-14-5-1-3-7-17(14)22;;1-3-2/h1-8,11-12,16,21-23H,9-10,13H2;;/q;;-1. The number of aromatic hydroxyl groups is 2. The number of rotatable bonds is 7. The SMILES string of the molecule is Oc1ccccc1C=NCCC(O)CN=Cc1ccccc1O.[Mn].[N-]=[N+]=[N-]. The third-order valence-corrected chi connectivity index (χ3v) is 3.24. The molecule has 0 heterocycles. The maximum absolute atomic E-state index is 9.85. The third kappa shape index (κ3) is 10.0. The summed E-state index contributed by atoms with van der Waals surface area (Å²) in [5.74, 6) is 0.349. The van der Waals surface area contributed by atoms with Gasteiger partial charge in [0.2, 0.25) is 0 Å². The van der Waals surface area contributed by atoms with Gasteiger partial charge in [-0.15, -0.1) is 0 Å². The summed E-state index contributed by atoms with van der Waals surface area (Å²) in [4.78, 5) is 9.81. The molecule has 2 aromatic carbocycles. The van der Waals surface area contributed by atoms with E-state index in [2.05, 4.69) is 9.98 Å². The third-order valence-electron chi connectivity index (χ3n) is 3.24. The fourth-order valence-electron chi connectivity index (χ4n) is 1.94. The van der Waals surface area contributed by atoms with Crippen LogP contribution in [0.3, 0.4) is 0 Å². The van der Waals surface area contributed by atoms with Crippen LogP contribution in [-0.4, -0.2) is 46.9 Å². The Labute approximate surface area is 167 Å². The van der Waals surface area contributed by atoms with Crippen molar-refractivity contribution in [1.82, 2.24) is 0 Å². The molecule has 0 bridgehead atoms. The second-order valence-electron chi connectivity index (χ2n) is 5.18. The van der Waals surface area contributed by atoms with E-state index in [9.17, 15) is 15.3 Å². The first kappa shape index (κ1) is 24.2. The summed E-state index contributed by atoms with van der Waals surface area (Å²) in [6.07, 6.45) is 3.01. The topological polar surface area (TPSA) is 144 Å². The minimum Gasteiger partial charge on any atom is -0.507 e. The zero-order valence-electron chi connectivity index (χ0n) is 14.4. The Balaban J connectivity index is 0.00000158. The van der Waals surface area contributed by atoms with E-state index in [0.717, 1.165) is 0 Å². The number of hydrogen-bond acceptors (Lipinski definition) is 5. The van der Waals surface area contributed by atoms with E-state index in [4.69, 9.17) is 11.1 Å². The van der Waals surface area contributed by atoms with E-state index in [-0.39, 0.29) is 35.1 Å². The van der Waals surface area contributed by atoms with Gasteiger partial charge in [-0.05, 0) is 30.7 Å². The summed E-state index contributed by atoms with van der Waals surface area (Å²) in [5.41, 5.74) is 14.8. The molecule has 1 unspecified atom stereocenters. The fourth-order valence-corrected chi connectivity index (χ4v) is 1.94. The van der Waals surface area contributed by atoms with Crippen LogP contribution in [0.2, 0.25) is 0 Å². The predicted molar refractivity (Wildman–Crippen MR) is 102 cm³/mol. The van der Waals surface area contributed by atoms with Crippen molar-refractivity contribution in [2.45, 2.75) is 12.5 Å². The van der Waals surface area contributed by atoms with E-state index in [1.165, 1.54) is 4.91 Å². The van der Waals surface area contributed by atoms with Crippen molar-refractivity contribution in [1.29, 1.82) is 0 Å². The van der Waals surface area contributed by atoms with Crippen LogP contribution < -0.4 is 0 Å². The van der Waals surface area contributed by atoms with Crippen LogP contribution in [0.25, 0.3) is 16.0 Å². The summed E-state index contributed by atoms with van der Waals surface area (Å²) >= 11 is 0. The molecule has 0 aliphatic carbocycles. The Kier molecular flexibility index (Phi) is 12.8. The second-order valence-corrected chi connectivity index (χ2v) is 5.18. The quantitative estimate of drug-likeness (QED) is 0.212. The van der Waals surface area contributed by atoms with Crippen molar-refractivity contribution in [2.24, 2.45) is 9.98 Å². The molecule has 2 rings (SSSR count). The molecule has 2 aromatic rings. The van der Waals surface area contributed by atoms with Crippen LogP contribution in [0.4, 0.5) is 0 Å². The molecule has 9 heteroatoms. The van der Waals surface area contributed by atoms with E-state index in [0.29, 0.717) is 24.1 Å². The number of phenolic OH excluding ortho intramolecular Hbond substituents is 2. The molecule has 3 N–H and O–H groups in total. The molecule has 8 nitrogen and oxygen atoms in total. The first-order chi connectivity index (χ1) is 12.6. The molecule has 0 spiro atoms. The first-order valence-corrected chi connectivity index (χ1v) is 7.80. The van der Waals surface area contributed by atoms with Crippen molar-refractivity contribution < 1.29 is 32.4 Å². The van der Waals surface area contributed by atoms with Gasteiger partial charge in [-0.2, -0.15) is 0 Å². The molecule has 0 aliphatic rings. The van der Waals surface area contributed by atoms with Crippen LogP contribution in [0, 0.1) is 0 Å².